The quantitative estimate of drug-likeness (QED) is 0.690. The topological polar surface area (TPSA) is 52.5 Å². The molecular formula is C12H17NO2. The van der Waals surface area contributed by atoms with Crippen molar-refractivity contribution in [3.8, 4) is 5.75 Å². The monoisotopic (exact) mass is 207 g/mol. The van der Waals surface area contributed by atoms with Crippen molar-refractivity contribution >= 4 is 0 Å². The van der Waals surface area contributed by atoms with Crippen LogP contribution in [0.4, 0.5) is 0 Å². The molecule has 1 aliphatic heterocycles. The molecule has 0 radical (unpaired) electrons. The molecule has 1 saturated heterocycles. The minimum absolute atomic E-state index is 0.268. The van der Waals surface area contributed by atoms with Crippen LogP contribution in [-0.2, 0) is 6.42 Å². The molecular weight excluding hydrogens is 190 g/mol. The normalized spacial score (nSPS) is 22.9. The first-order valence-corrected chi connectivity index (χ1v) is 5.42. The summed E-state index contributed by atoms with van der Waals surface area (Å²) in [5.74, 6) is 0.622. The Bertz CT molecular complexity index is 321. The van der Waals surface area contributed by atoms with Crippen molar-refractivity contribution in [1.82, 2.24) is 5.32 Å². The Balaban J connectivity index is 1.95. The Labute approximate surface area is 89.8 Å². The van der Waals surface area contributed by atoms with E-state index in [0.29, 0.717) is 12.3 Å². The molecule has 0 aromatic heterocycles. The Kier molecular flexibility index (Phi) is 3.23. The number of nitrogens with one attached hydrogen (secondary N) is 1. The lowest BCUT2D eigenvalue weighted by Crippen LogP contribution is -2.24. The van der Waals surface area contributed by atoms with Crippen LogP contribution in [0.3, 0.4) is 0 Å². The second-order valence-corrected chi connectivity index (χ2v) is 4.19. The van der Waals surface area contributed by atoms with Crippen molar-refractivity contribution in [2.24, 2.45) is 5.92 Å². The fourth-order valence-corrected chi connectivity index (χ4v) is 2.10. The van der Waals surface area contributed by atoms with Crippen molar-refractivity contribution < 1.29 is 10.2 Å². The van der Waals surface area contributed by atoms with Gasteiger partial charge in [-0.1, -0.05) is 12.1 Å². The third-order valence-corrected chi connectivity index (χ3v) is 3.00. The minimum atomic E-state index is -0.304. The van der Waals surface area contributed by atoms with Gasteiger partial charge in [-0.05, 0) is 43.0 Å². The molecule has 15 heavy (non-hydrogen) atoms. The maximum absolute atomic E-state index is 9.97. The molecule has 1 fully saturated rings. The number of phenols is 1. The van der Waals surface area contributed by atoms with E-state index in [0.717, 1.165) is 25.1 Å². The SMILES string of the molecule is Oc1cccc(CC(O)C2CCNC2)c1. The van der Waals surface area contributed by atoms with Gasteiger partial charge in [-0.2, -0.15) is 0 Å². The van der Waals surface area contributed by atoms with Gasteiger partial charge in [-0.25, -0.2) is 0 Å². The molecule has 2 rings (SSSR count). The zero-order valence-electron chi connectivity index (χ0n) is 8.69. The van der Waals surface area contributed by atoms with Gasteiger partial charge < -0.3 is 15.5 Å². The van der Waals surface area contributed by atoms with E-state index in [4.69, 9.17) is 0 Å². The number of aliphatic hydroxyl groups is 1. The van der Waals surface area contributed by atoms with Gasteiger partial charge in [0.15, 0.2) is 0 Å². The van der Waals surface area contributed by atoms with Crippen LogP contribution >= 0.6 is 0 Å². The highest BCUT2D eigenvalue weighted by molar-refractivity contribution is 5.27. The predicted octanol–water partition coefficient (Wildman–Crippen LogP) is 0.905. The van der Waals surface area contributed by atoms with Gasteiger partial charge >= 0.3 is 0 Å². The van der Waals surface area contributed by atoms with Crippen molar-refractivity contribution in [2.45, 2.75) is 18.9 Å². The Morgan fingerprint density at radius 3 is 3.00 bits per heavy atom. The molecule has 3 N–H and O–H groups in total. The summed E-state index contributed by atoms with van der Waals surface area (Å²) in [6.07, 6.45) is 1.36. The zero-order chi connectivity index (χ0) is 10.7. The van der Waals surface area contributed by atoms with Gasteiger partial charge in [-0.15, -0.1) is 0 Å². The Morgan fingerprint density at radius 1 is 1.47 bits per heavy atom. The van der Waals surface area contributed by atoms with Crippen LogP contribution in [0.15, 0.2) is 24.3 Å². The summed E-state index contributed by atoms with van der Waals surface area (Å²) in [6.45, 7) is 1.90. The average molecular weight is 207 g/mol. The van der Waals surface area contributed by atoms with E-state index >= 15 is 0 Å². The first-order valence-electron chi connectivity index (χ1n) is 5.42. The molecule has 2 atom stereocenters. The van der Waals surface area contributed by atoms with Crippen LogP contribution in [-0.4, -0.2) is 29.4 Å². The second-order valence-electron chi connectivity index (χ2n) is 4.19. The largest absolute Gasteiger partial charge is 0.508 e. The summed E-state index contributed by atoms with van der Waals surface area (Å²) in [7, 11) is 0. The highest BCUT2D eigenvalue weighted by Gasteiger charge is 2.22. The van der Waals surface area contributed by atoms with Gasteiger partial charge in [0.2, 0.25) is 0 Å². The predicted molar refractivity (Wildman–Crippen MR) is 58.8 cm³/mol. The molecule has 1 aromatic carbocycles. The van der Waals surface area contributed by atoms with E-state index < -0.39 is 0 Å². The van der Waals surface area contributed by atoms with E-state index in [-0.39, 0.29) is 11.9 Å². The molecule has 82 valence electrons. The summed E-state index contributed by atoms with van der Waals surface area (Å²) in [6, 6.07) is 7.11. The van der Waals surface area contributed by atoms with Crippen molar-refractivity contribution in [2.75, 3.05) is 13.1 Å². The molecule has 3 nitrogen and oxygen atoms in total. The molecule has 1 aliphatic rings. The fourth-order valence-electron chi connectivity index (χ4n) is 2.10. The number of aliphatic hydroxyl groups excluding tert-OH is 1. The average Bonchev–Trinajstić information content (AvgIpc) is 2.70. The Hall–Kier alpha value is -1.06. The molecule has 2 unspecified atom stereocenters. The van der Waals surface area contributed by atoms with Crippen LogP contribution < -0.4 is 5.32 Å². The second kappa shape index (κ2) is 4.64. The highest BCUT2D eigenvalue weighted by atomic mass is 16.3. The van der Waals surface area contributed by atoms with Gasteiger partial charge in [0, 0.05) is 6.54 Å². The number of hydrogen-bond acceptors (Lipinski definition) is 3. The molecule has 1 aromatic rings. The molecule has 0 amide bonds. The van der Waals surface area contributed by atoms with E-state index in [1.807, 2.05) is 12.1 Å². The van der Waals surface area contributed by atoms with Gasteiger partial charge in [-0.3, -0.25) is 0 Å². The molecule has 0 bridgehead atoms. The highest BCUT2D eigenvalue weighted by Crippen LogP contribution is 2.18. The summed E-state index contributed by atoms with van der Waals surface area (Å²) in [5, 5.41) is 22.5. The summed E-state index contributed by atoms with van der Waals surface area (Å²) in [4.78, 5) is 0. The summed E-state index contributed by atoms with van der Waals surface area (Å²) >= 11 is 0. The molecule has 1 heterocycles. The van der Waals surface area contributed by atoms with E-state index in [1.54, 1.807) is 12.1 Å². The number of aromatic hydroxyl groups is 1. The van der Waals surface area contributed by atoms with Crippen LogP contribution in [0.1, 0.15) is 12.0 Å². The molecule has 0 saturated carbocycles. The van der Waals surface area contributed by atoms with Gasteiger partial charge in [0.1, 0.15) is 5.75 Å². The minimum Gasteiger partial charge on any atom is -0.508 e. The van der Waals surface area contributed by atoms with E-state index in [1.165, 1.54) is 0 Å². The van der Waals surface area contributed by atoms with Crippen LogP contribution in [0.25, 0.3) is 0 Å². The van der Waals surface area contributed by atoms with Crippen LogP contribution in [0, 0.1) is 5.92 Å². The summed E-state index contributed by atoms with van der Waals surface area (Å²) in [5.41, 5.74) is 0.995. The lowest BCUT2D eigenvalue weighted by atomic mass is 9.95. The number of benzene rings is 1. The van der Waals surface area contributed by atoms with Gasteiger partial charge in [0.25, 0.3) is 0 Å². The zero-order valence-corrected chi connectivity index (χ0v) is 8.69. The van der Waals surface area contributed by atoms with E-state index in [9.17, 15) is 10.2 Å². The first-order chi connectivity index (χ1) is 7.25. The third-order valence-electron chi connectivity index (χ3n) is 3.00. The molecule has 0 spiro atoms. The number of rotatable bonds is 3. The number of phenolic OH excluding ortho intramolecular Hbond substituents is 1. The van der Waals surface area contributed by atoms with Crippen molar-refractivity contribution in [3.05, 3.63) is 29.8 Å². The standard InChI is InChI=1S/C12H17NO2/c14-11-3-1-2-9(6-11)7-12(15)10-4-5-13-8-10/h1-3,6,10,12-15H,4-5,7-8H2. The maximum Gasteiger partial charge on any atom is 0.115 e. The van der Waals surface area contributed by atoms with Gasteiger partial charge in [0.05, 0.1) is 6.10 Å². The molecule has 0 aliphatic carbocycles. The van der Waals surface area contributed by atoms with Crippen molar-refractivity contribution in [3.63, 3.8) is 0 Å². The first kappa shape index (κ1) is 10.5. The maximum atomic E-state index is 9.97. The smallest absolute Gasteiger partial charge is 0.115 e. The van der Waals surface area contributed by atoms with Crippen LogP contribution in [0.2, 0.25) is 0 Å². The lowest BCUT2D eigenvalue weighted by Gasteiger charge is -2.16. The van der Waals surface area contributed by atoms with Crippen LogP contribution in [0.5, 0.6) is 5.75 Å². The Morgan fingerprint density at radius 2 is 2.33 bits per heavy atom. The van der Waals surface area contributed by atoms with Crippen molar-refractivity contribution in [1.29, 1.82) is 0 Å². The molecule has 3 heteroatoms. The number of hydrogen-bond donors (Lipinski definition) is 3. The third kappa shape index (κ3) is 2.70. The summed E-state index contributed by atoms with van der Waals surface area (Å²) < 4.78 is 0. The van der Waals surface area contributed by atoms with E-state index in [2.05, 4.69) is 5.32 Å². The fraction of sp³-hybridized carbons (Fsp3) is 0.500. The lowest BCUT2D eigenvalue weighted by molar-refractivity contribution is 0.117.